The van der Waals surface area contributed by atoms with Crippen molar-refractivity contribution in [1.82, 2.24) is 4.67 Å². The molecule has 0 bridgehead atoms. The van der Waals surface area contributed by atoms with Crippen LogP contribution in [0.25, 0.3) is 0 Å². The van der Waals surface area contributed by atoms with Crippen molar-refractivity contribution in [2.45, 2.75) is 12.8 Å². The number of hydrogen-bond donors (Lipinski definition) is 2. The fourth-order valence-corrected chi connectivity index (χ4v) is 1.60. The van der Waals surface area contributed by atoms with E-state index < -0.39 is 7.75 Å². The third kappa shape index (κ3) is 5.77. The van der Waals surface area contributed by atoms with E-state index in [9.17, 15) is 4.57 Å². The van der Waals surface area contributed by atoms with E-state index in [0.29, 0.717) is 25.9 Å². The van der Waals surface area contributed by atoms with Crippen molar-refractivity contribution in [1.29, 1.82) is 0 Å². The largest absolute Gasteiger partial charge is 0.403 e. The maximum absolute atomic E-state index is 10.9. The molecule has 0 fully saturated rings. The second-order valence-electron chi connectivity index (χ2n) is 2.62. The summed E-state index contributed by atoms with van der Waals surface area (Å²) in [6.45, 7) is 7.66. The summed E-state index contributed by atoms with van der Waals surface area (Å²) in [5.74, 6) is 0. The van der Waals surface area contributed by atoms with Crippen molar-refractivity contribution in [3.05, 3.63) is 25.3 Å². The standard InChI is InChI=1S/C8H16NO3P/c1-3-5-7-9(8-6-4-2)13(10,11)12/h3-4H,1-2,5-8H2,(H2,10,11,12). The molecule has 0 aliphatic heterocycles. The van der Waals surface area contributed by atoms with Crippen LogP contribution in [0.1, 0.15) is 12.8 Å². The van der Waals surface area contributed by atoms with Gasteiger partial charge in [-0.05, 0) is 12.8 Å². The predicted molar refractivity (Wildman–Crippen MR) is 53.2 cm³/mol. The minimum Gasteiger partial charge on any atom is -0.312 e. The molecule has 76 valence electrons. The lowest BCUT2D eigenvalue weighted by molar-refractivity contribution is 0.273. The van der Waals surface area contributed by atoms with Gasteiger partial charge in [-0.25, -0.2) is 9.24 Å². The Kier molecular flexibility index (Phi) is 5.91. The average Bonchev–Trinajstić information content (AvgIpc) is 2.02. The molecule has 13 heavy (non-hydrogen) atoms. The Hall–Kier alpha value is -0.410. The average molecular weight is 205 g/mol. The Morgan fingerprint density at radius 2 is 1.54 bits per heavy atom. The van der Waals surface area contributed by atoms with E-state index >= 15 is 0 Å². The fourth-order valence-electron chi connectivity index (χ4n) is 0.853. The van der Waals surface area contributed by atoms with Crippen LogP contribution in [0.4, 0.5) is 0 Å². The maximum Gasteiger partial charge on any atom is 0.403 e. The minimum atomic E-state index is -4.10. The Morgan fingerprint density at radius 1 is 1.15 bits per heavy atom. The van der Waals surface area contributed by atoms with E-state index in [1.807, 2.05) is 0 Å². The van der Waals surface area contributed by atoms with Gasteiger partial charge in [0.05, 0.1) is 0 Å². The highest BCUT2D eigenvalue weighted by Gasteiger charge is 2.23. The van der Waals surface area contributed by atoms with Gasteiger partial charge in [-0.3, -0.25) is 0 Å². The third-order valence-corrected chi connectivity index (χ3v) is 2.69. The topological polar surface area (TPSA) is 60.8 Å². The van der Waals surface area contributed by atoms with E-state index in [0.717, 1.165) is 4.67 Å². The summed E-state index contributed by atoms with van der Waals surface area (Å²) in [6, 6.07) is 0. The van der Waals surface area contributed by atoms with Gasteiger partial charge >= 0.3 is 7.75 Å². The number of hydrogen-bond acceptors (Lipinski definition) is 1. The summed E-state index contributed by atoms with van der Waals surface area (Å²) in [5, 5.41) is 0. The SMILES string of the molecule is C=CCCN(CCC=C)P(=O)(O)O. The molecular formula is C8H16NO3P. The summed E-state index contributed by atoms with van der Waals surface area (Å²) >= 11 is 0. The van der Waals surface area contributed by atoms with Gasteiger partial charge in [-0.2, -0.15) is 0 Å². The minimum absolute atomic E-state index is 0.335. The van der Waals surface area contributed by atoms with Gasteiger partial charge in [-0.1, -0.05) is 12.2 Å². The third-order valence-electron chi connectivity index (χ3n) is 1.55. The first-order valence-corrected chi connectivity index (χ1v) is 5.61. The van der Waals surface area contributed by atoms with E-state index in [-0.39, 0.29) is 0 Å². The van der Waals surface area contributed by atoms with Crippen LogP contribution in [0.2, 0.25) is 0 Å². The number of nitrogens with zero attached hydrogens (tertiary/aromatic N) is 1. The Bertz CT molecular complexity index is 199. The lowest BCUT2D eigenvalue weighted by atomic mass is 10.4. The van der Waals surface area contributed by atoms with E-state index in [1.54, 1.807) is 12.2 Å². The second kappa shape index (κ2) is 6.11. The molecule has 0 unspecified atom stereocenters. The fraction of sp³-hybridized carbons (Fsp3) is 0.500. The molecule has 5 heteroatoms. The van der Waals surface area contributed by atoms with Gasteiger partial charge < -0.3 is 9.79 Å². The summed E-state index contributed by atoms with van der Waals surface area (Å²) in [6.07, 6.45) is 4.41. The first kappa shape index (κ1) is 12.6. The van der Waals surface area contributed by atoms with E-state index in [1.165, 1.54) is 0 Å². The first-order chi connectivity index (χ1) is 6.02. The van der Waals surface area contributed by atoms with Crippen LogP contribution in [-0.4, -0.2) is 27.5 Å². The predicted octanol–water partition coefficient (Wildman–Crippen LogP) is 1.53. The highest BCUT2D eigenvalue weighted by atomic mass is 31.2. The van der Waals surface area contributed by atoms with Gasteiger partial charge in [0.15, 0.2) is 0 Å². The van der Waals surface area contributed by atoms with E-state index in [4.69, 9.17) is 9.79 Å². The molecule has 4 nitrogen and oxygen atoms in total. The van der Waals surface area contributed by atoms with Crippen LogP contribution < -0.4 is 0 Å². The smallest absolute Gasteiger partial charge is 0.312 e. The zero-order chi connectivity index (χ0) is 10.3. The highest BCUT2D eigenvalue weighted by molar-refractivity contribution is 7.49. The summed E-state index contributed by atoms with van der Waals surface area (Å²) in [5.41, 5.74) is 0. The highest BCUT2D eigenvalue weighted by Crippen LogP contribution is 2.39. The molecule has 0 spiro atoms. The molecule has 0 saturated heterocycles. The molecule has 0 aromatic carbocycles. The first-order valence-electron chi connectivity index (χ1n) is 4.05. The summed E-state index contributed by atoms with van der Waals surface area (Å²) in [4.78, 5) is 17.8. The molecule has 0 atom stereocenters. The Labute approximate surface area is 78.8 Å². The molecule has 0 rings (SSSR count). The van der Waals surface area contributed by atoms with Gasteiger partial charge in [-0.15, -0.1) is 13.2 Å². The molecule has 0 saturated carbocycles. The van der Waals surface area contributed by atoms with Gasteiger partial charge in [0.1, 0.15) is 0 Å². The van der Waals surface area contributed by atoms with Crippen LogP contribution in [0.5, 0.6) is 0 Å². The normalized spacial score (nSPS) is 11.6. The maximum atomic E-state index is 10.9. The van der Waals surface area contributed by atoms with Crippen molar-refractivity contribution in [2.24, 2.45) is 0 Å². The van der Waals surface area contributed by atoms with Gasteiger partial charge in [0.25, 0.3) is 0 Å². The molecular weight excluding hydrogens is 189 g/mol. The van der Waals surface area contributed by atoms with Gasteiger partial charge in [0, 0.05) is 13.1 Å². The molecule has 0 heterocycles. The second-order valence-corrected chi connectivity index (χ2v) is 4.21. The Balaban J connectivity index is 4.10. The molecule has 0 aromatic rings. The summed E-state index contributed by atoms with van der Waals surface area (Å²) in [7, 11) is -4.10. The summed E-state index contributed by atoms with van der Waals surface area (Å²) < 4.78 is 12.0. The van der Waals surface area contributed by atoms with Crippen molar-refractivity contribution in [3.63, 3.8) is 0 Å². The number of rotatable bonds is 7. The zero-order valence-electron chi connectivity index (χ0n) is 7.59. The van der Waals surface area contributed by atoms with Crippen molar-refractivity contribution < 1.29 is 14.4 Å². The van der Waals surface area contributed by atoms with Crippen LogP contribution in [0.15, 0.2) is 25.3 Å². The molecule has 0 aromatic heterocycles. The lowest BCUT2D eigenvalue weighted by Gasteiger charge is -2.21. The monoisotopic (exact) mass is 205 g/mol. The van der Waals surface area contributed by atoms with Crippen LogP contribution in [0, 0.1) is 0 Å². The van der Waals surface area contributed by atoms with E-state index in [2.05, 4.69) is 13.2 Å². The zero-order valence-corrected chi connectivity index (χ0v) is 8.49. The van der Waals surface area contributed by atoms with Crippen molar-refractivity contribution in [3.8, 4) is 0 Å². The van der Waals surface area contributed by atoms with Crippen LogP contribution >= 0.6 is 7.75 Å². The van der Waals surface area contributed by atoms with Crippen molar-refractivity contribution in [2.75, 3.05) is 13.1 Å². The molecule has 0 amide bonds. The molecule has 0 radical (unpaired) electrons. The molecule has 0 aliphatic carbocycles. The van der Waals surface area contributed by atoms with Gasteiger partial charge in [0.2, 0.25) is 0 Å². The quantitative estimate of drug-likeness (QED) is 0.488. The van der Waals surface area contributed by atoms with Crippen molar-refractivity contribution >= 4 is 7.75 Å². The van der Waals surface area contributed by atoms with Crippen LogP contribution in [-0.2, 0) is 4.57 Å². The molecule has 0 aliphatic rings. The Morgan fingerprint density at radius 3 is 1.77 bits per heavy atom. The van der Waals surface area contributed by atoms with Crippen LogP contribution in [0.3, 0.4) is 0 Å². The lowest BCUT2D eigenvalue weighted by Crippen LogP contribution is -2.22. The molecule has 2 N–H and O–H groups in total.